The normalized spacial score (nSPS) is 24.1. The number of unbranched alkanes of at least 4 members (excludes halogenated alkanes) is 2. The van der Waals surface area contributed by atoms with Gasteiger partial charge in [0.25, 0.3) is 5.91 Å². The number of rotatable bonds is 29. The third-order valence-corrected chi connectivity index (χ3v) is 13.6. The molecule has 3 aliphatic rings. The number of amides is 8. The molecule has 434 valence electrons. The number of aliphatic carboxylic acids is 1. The van der Waals surface area contributed by atoms with Gasteiger partial charge < -0.3 is 77.3 Å². The third-order valence-electron chi connectivity index (χ3n) is 13.6. The van der Waals surface area contributed by atoms with Crippen molar-refractivity contribution >= 4 is 53.5 Å². The number of ether oxygens (including phenoxy) is 5. The fraction of sp³-hybridized carbons (Fsp3) is 0.630. The van der Waals surface area contributed by atoms with Crippen LogP contribution in [0.3, 0.4) is 0 Å². The minimum atomic E-state index is -1.39. The highest BCUT2D eigenvalue weighted by Crippen LogP contribution is 2.42. The first-order chi connectivity index (χ1) is 37.0. The number of nitrogens with one attached hydrogen (secondary N) is 6. The lowest BCUT2D eigenvalue weighted by Gasteiger charge is -2.39. The predicted octanol–water partition coefficient (Wildman–Crippen LogP) is 3.05. The van der Waals surface area contributed by atoms with Gasteiger partial charge in [0.05, 0.1) is 37.6 Å². The Morgan fingerprint density at radius 2 is 1.65 bits per heavy atom. The van der Waals surface area contributed by atoms with Crippen molar-refractivity contribution in [2.75, 3.05) is 37.8 Å². The molecule has 24 heteroatoms. The fourth-order valence-electron chi connectivity index (χ4n) is 9.15. The molecule has 0 aromatic heterocycles. The number of anilines is 1. The number of primary amides is 1. The first kappa shape index (κ1) is 63.9. The minimum absolute atomic E-state index is 0.0596. The molecule has 12 N–H and O–H groups in total. The number of carbonyl (C=O) groups excluding carboxylic acids is 7. The predicted molar refractivity (Wildman–Crippen MR) is 287 cm³/mol. The summed E-state index contributed by atoms with van der Waals surface area (Å²) in [6, 6.07) is 2.09. The molecule has 3 saturated heterocycles. The number of carboxylic acids is 1. The molecular weight excluding hydrogens is 1010 g/mol. The Hall–Kier alpha value is -6.60. The summed E-state index contributed by atoms with van der Waals surface area (Å²) in [7, 11) is 0. The molecule has 0 bridgehead atoms. The summed E-state index contributed by atoms with van der Waals surface area (Å²) in [6.45, 7) is 12.9. The van der Waals surface area contributed by atoms with Gasteiger partial charge in [0.1, 0.15) is 42.6 Å². The summed E-state index contributed by atoms with van der Waals surface area (Å²) >= 11 is 0. The molecule has 11 atom stereocenters. The Balaban J connectivity index is 1.25. The second-order valence-corrected chi connectivity index (χ2v) is 20.5. The Kier molecular flexibility index (Phi) is 26.0. The van der Waals surface area contributed by atoms with Crippen LogP contribution in [0.1, 0.15) is 112 Å². The van der Waals surface area contributed by atoms with Crippen LogP contribution in [0.25, 0.3) is 0 Å². The number of aliphatic hydroxyl groups is 1. The second kappa shape index (κ2) is 31.7. The van der Waals surface area contributed by atoms with Gasteiger partial charge in [0.15, 0.2) is 0 Å². The number of urea groups is 2. The fourth-order valence-corrected chi connectivity index (χ4v) is 9.15. The number of nitrogens with two attached hydrogens (primary N) is 2. The summed E-state index contributed by atoms with van der Waals surface area (Å²) in [4.78, 5) is 101. The number of nitrogens with zero attached hydrogens (tertiary/aromatic N) is 1. The van der Waals surface area contributed by atoms with Crippen molar-refractivity contribution < 1.29 is 72.3 Å². The molecule has 3 fully saturated rings. The number of alkyl carbamates (subject to hydrolysis) is 1. The number of carbonyl (C=O) groups is 8. The number of epoxide rings is 1. The lowest BCUT2D eigenvalue weighted by atomic mass is 9.87. The van der Waals surface area contributed by atoms with Crippen LogP contribution in [0.5, 0.6) is 0 Å². The zero-order valence-electron chi connectivity index (χ0n) is 46.0. The van der Waals surface area contributed by atoms with Gasteiger partial charge in [0, 0.05) is 44.6 Å². The molecule has 8 amide bonds. The van der Waals surface area contributed by atoms with Crippen molar-refractivity contribution in [1.29, 1.82) is 0 Å². The summed E-state index contributed by atoms with van der Waals surface area (Å²) in [6.07, 6.45) is 8.71. The van der Waals surface area contributed by atoms with E-state index in [4.69, 9.17) is 35.2 Å². The molecule has 78 heavy (non-hydrogen) atoms. The third kappa shape index (κ3) is 21.3. The van der Waals surface area contributed by atoms with E-state index in [0.717, 1.165) is 23.3 Å². The van der Waals surface area contributed by atoms with E-state index in [-0.39, 0.29) is 87.3 Å². The molecule has 1 aromatic carbocycles. The smallest absolute Gasteiger partial charge is 0.408 e. The average Bonchev–Trinajstić information content (AvgIpc) is 4.25. The molecule has 0 unspecified atom stereocenters. The van der Waals surface area contributed by atoms with Crippen LogP contribution in [0.4, 0.5) is 20.1 Å². The highest BCUT2D eigenvalue weighted by atomic mass is 16.6. The van der Waals surface area contributed by atoms with Crippen LogP contribution in [-0.2, 0) is 54.3 Å². The summed E-state index contributed by atoms with van der Waals surface area (Å²) in [5.41, 5.74) is 11.6. The first-order valence-electron chi connectivity index (χ1n) is 26.8. The van der Waals surface area contributed by atoms with Crippen LogP contribution >= 0.6 is 0 Å². The van der Waals surface area contributed by atoms with Crippen LogP contribution in [0.2, 0.25) is 0 Å². The number of esters is 1. The lowest BCUT2D eigenvalue weighted by molar-refractivity contribution is -0.143. The van der Waals surface area contributed by atoms with E-state index >= 15 is 0 Å². The number of benzene rings is 1. The van der Waals surface area contributed by atoms with Gasteiger partial charge in [-0.3, -0.25) is 24.1 Å². The van der Waals surface area contributed by atoms with Gasteiger partial charge in [-0.2, -0.15) is 0 Å². The lowest BCUT2D eigenvalue weighted by Crippen LogP contribution is -2.56. The highest BCUT2D eigenvalue weighted by Gasteiger charge is 2.58. The maximum atomic E-state index is 14.3. The topological polar surface area (TPSA) is 354 Å². The van der Waals surface area contributed by atoms with E-state index in [0.29, 0.717) is 44.4 Å². The van der Waals surface area contributed by atoms with E-state index in [9.17, 15) is 48.6 Å². The Bertz CT molecular complexity index is 2270. The molecule has 0 radical (unpaired) electrons. The molecule has 0 aliphatic carbocycles. The molecule has 0 saturated carbocycles. The number of hydrogen-bond donors (Lipinski definition) is 10. The van der Waals surface area contributed by atoms with Crippen molar-refractivity contribution in [2.45, 2.75) is 173 Å². The van der Waals surface area contributed by atoms with Crippen molar-refractivity contribution in [3.05, 3.63) is 65.8 Å². The maximum Gasteiger partial charge on any atom is 0.408 e. The average molecular weight is 1100 g/mol. The maximum absolute atomic E-state index is 14.3. The Labute approximate surface area is 456 Å². The van der Waals surface area contributed by atoms with E-state index in [2.05, 4.69) is 38.8 Å². The van der Waals surface area contributed by atoms with Gasteiger partial charge in [-0.05, 0) is 101 Å². The SMILES string of the molecule is CC(=O)O[C@@H](C)/C=C\C(=O)N[C@@H]1C[C@H](C)[C@H](C/C=C(C)/C=C/[C@H]2O[C@H](CNC(=O)NCNC(=O)OCc3ccc(N(C(=O)[C@@H](NC(=O)CCCCCN)C(C)C)[C@@H](CCCNC(N)=O)C(=O)O)cc3)C[C@@]3(CO3)[C@@H]2O)O[C@@H]1C. The number of carboxylic acid groups (broad SMARTS) is 1. The number of aliphatic hydroxyl groups excluding tert-OH is 1. The van der Waals surface area contributed by atoms with Crippen molar-refractivity contribution in [3.63, 3.8) is 0 Å². The molecule has 1 aromatic rings. The van der Waals surface area contributed by atoms with E-state index in [1.54, 1.807) is 39.0 Å². The van der Waals surface area contributed by atoms with E-state index < -0.39 is 84.0 Å². The zero-order valence-corrected chi connectivity index (χ0v) is 46.0. The van der Waals surface area contributed by atoms with Gasteiger partial charge in [-0.25, -0.2) is 19.2 Å². The van der Waals surface area contributed by atoms with Gasteiger partial charge >= 0.3 is 30.1 Å². The number of hydrogen-bond acceptors (Lipinski definition) is 15. The van der Waals surface area contributed by atoms with Crippen LogP contribution in [0.15, 0.2) is 60.2 Å². The van der Waals surface area contributed by atoms with E-state index in [1.807, 2.05) is 26.0 Å². The monoisotopic (exact) mass is 1100 g/mol. The minimum Gasteiger partial charge on any atom is -0.480 e. The molecule has 1 spiro atoms. The van der Waals surface area contributed by atoms with Crippen LogP contribution in [-0.4, -0.2) is 151 Å². The molecule has 3 heterocycles. The van der Waals surface area contributed by atoms with Crippen LogP contribution < -0.4 is 48.3 Å². The largest absolute Gasteiger partial charge is 0.480 e. The molecule has 4 rings (SSSR count). The standard InChI is InChI=1S/C54H83N9O15/c1-32(2)47(62-45(65)13-9-8-10-24-55)49(68)63(42(50(69)70)12-11-25-57-51(56)71)39-19-17-38(18-20-39)29-74-53(73)60-31-59-52(72)58-28-40-27-54(30-75-54)48(67)44(78-40)22-15-33(3)14-21-43-34(4)26-41(36(6)77-43)61-46(66)23-16-35(5)76-37(7)64/h14-20,22-23,32,34-36,40-44,47-48,67H,8-13,21,24-31,55H2,1-7H3,(H,60,73)(H,61,66)(H,62,65)(H,69,70)(H3,56,57,71)(H2,58,59,72)/b22-15+,23-16-,33-14+/t34-,35-,36+,40-,41+,42-,43-,44+,47-,48+,54+/m0/s1. The second-order valence-electron chi connectivity index (χ2n) is 20.5. The molecule has 3 aliphatic heterocycles. The number of allylic oxidation sites excluding steroid dienone is 2. The summed E-state index contributed by atoms with van der Waals surface area (Å²) in [5, 5.41) is 37.4. The Morgan fingerprint density at radius 3 is 2.29 bits per heavy atom. The van der Waals surface area contributed by atoms with Crippen molar-refractivity contribution in [1.82, 2.24) is 31.9 Å². The van der Waals surface area contributed by atoms with Crippen LogP contribution in [0, 0.1) is 11.8 Å². The van der Waals surface area contributed by atoms with Crippen molar-refractivity contribution in [3.8, 4) is 0 Å². The Morgan fingerprint density at radius 1 is 0.936 bits per heavy atom. The quantitative estimate of drug-likeness (QED) is 0.0138. The summed E-state index contributed by atoms with van der Waals surface area (Å²) < 4.78 is 28.6. The van der Waals surface area contributed by atoms with Crippen molar-refractivity contribution in [2.24, 2.45) is 23.3 Å². The van der Waals surface area contributed by atoms with E-state index in [1.165, 1.54) is 31.2 Å². The highest BCUT2D eigenvalue weighted by molar-refractivity contribution is 6.03. The van der Waals surface area contributed by atoms with Gasteiger partial charge in [-0.1, -0.05) is 63.1 Å². The molecular formula is C54H83N9O15. The zero-order chi connectivity index (χ0) is 57.5. The summed E-state index contributed by atoms with van der Waals surface area (Å²) in [5.74, 6) is -3.30. The van der Waals surface area contributed by atoms with Gasteiger partial charge in [0.2, 0.25) is 11.8 Å². The van der Waals surface area contributed by atoms with Gasteiger partial charge in [-0.15, -0.1) is 0 Å². The molecule has 24 nitrogen and oxygen atoms in total. The first-order valence-corrected chi connectivity index (χ1v) is 26.8.